The molecule has 1 aromatic rings. The van der Waals surface area contributed by atoms with Gasteiger partial charge in [0.05, 0.1) is 7.11 Å². The molecule has 0 N–H and O–H groups in total. The molecular weight excluding hydrogens is 170 g/mol. The summed E-state index contributed by atoms with van der Waals surface area (Å²) in [6, 6.07) is 3.29. The van der Waals surface area contributed by atoms with Crippen LogP contribution in [0.3, 0.4) is 0 Å². The van der Waals surface area contributed by atoms with Crippen molar-refractivity contribution in [2.45, 2.75) is 0 Å². The van der Waals surface area contributed by atoms with Gasteiger partial charge in [0.15, 0.2) is 0 Å². The van der Waals surface area contributed by atoms with Gasteiger partial charge in [-0.05, 0) is 10.6 Å². The number of hydrogen-bond acceptors (Lipinski definition) is 4. The van der Waals surface area contributed by atoms with Gasteiger partial charge < -0.3 is 4.74 Å². The van der Waals surface area contributed by atoms with Gasteiger partial charge in [-0.3, -0.25) is 4.98 Å². The minimum atomic E-state index is 0.179. The molecule has 0 fully saturated rings. The Morgan fingerprint density at radius 1 is 1.77 bits per heavy atom. The lowest BCUT2D eigenvalue weighted by molar-refractivity contribution is 0.413. The van der Waals surface area contributed by atoms with E-state index in [2.05, 4.69) is 15.0 Å². The van der Waals surface area contributed by atoms with Crippen molar-refractivity contribution in [1.29, 1.82) is 5.26 Å². The number of methoxy groups -OCH3 is 1. The van der Waals surface area contributed by atoms with Crippen molar-refractivity contribution in [1.82, 2.24) is 4.98 Å². The van der Waals surface area contributed by atoms with Gasteiger partial charge in [-0.15, -0.1) is 0 Å². The van der Waals surface area contributed by atoms with Gasteiger partial charge >= 0.3 is 0 Å². The Bertz CT molecular complexity index is 402. The predicted molar refractivity (Wildman–Crippen MR) is 44.3 cm³/mol. The van der Waals surface area contributed by atoms with Crippen LogP contribution >= 0.6 is 0 Å². The lowest BCUT2D eigenvalue weighted by atomic mass is 10.3. The van der Waals surface area contributed by atoms with E-state index < -0.39 is 0 Å². The van der Waals surface area contributed by atoms with Gasteiger partial charge in [-0.2, -0.15) is 5.26 Å². The smallest absolute Gasteiger partial charge is 0.140 e. The molecule has 64 valence electrons. The van der Waals surface area contributed by atoms with Gasteiger partial charge in [0.1, 0.15) is 23.2 Å². The van der Waals surface area contributed by atoms with E-state index in [1.807, 2.05) is 6.07 Å². The molecule has 0 saturated carbocycles. The number of nitrogens with zero attached hydrogens (tertiary/aromatic N) is 5. The maximum Gasteiger partial charge on any atom is 0.140 e. The second kappa shape index (κ2) is 3.95. The minimum absolute atomic E-state index is 0.179. The summed E-state index contributed by atoms with van der Waals surface area (Å²) in [7, 11) is 1.43. The maximum absolute atomic E-state index is 8.60. The molecule has 1 heterocycles. The van der Waals surface area contributed by atoms with E-state index in [0.717, 1.165) is 0 Å². The molecule has 1 aromatic heterocycles. The first-order valence-corrected chi connectivity index (χ1v) is 3.31. The largest absolute Gasteiger partial charge is 0.495 e. The molecular formula is C7H5N5O. The van der Waals surface area contributed by atoms with Crippen molar-refractivity contribution in [3.05, 3.63) is 28.3 Å². The van der Waals surface area contributed by atoms with Gasteiger partial charge in [-0.25, -0.2) is 0 Å². The predicted octanol–water partition coefficient (Wildman–Crippen LogP) is 1.90. The van der Waals surface area contributed by atoms with Crippen molar-refractivity contribution < 1.29 is 4.74 Å². The summed E-state index contributed by atoms with van der Waals surface area (Å²) in [6.45, 7) is 0. The average Bonchev–Trinajstić information content (AvgIpc) is 2.18. The Kier molecular flexibility index (Phi) is 2.69. The molecule has 1 rings (SSSR count). The van der Waals surface area contributed by atoms with Gasteiger partial charge in [0.2, 0.25) is 0 Å². The van der Waals surface area contributed by atoms with Crippen LogP contribution in [0.5, 0.6) is 5.75 Å². The Hall–Kier alpha value is -2.25. The highest BCUT2D eigenvalue weighted by Crippen LogP contribution is 2.21. The molecule has 0 atom stereocenters. The SMILES string of the molecule is COc1cc(N=[N+]=[N-])ncc1C#N. The van der Waals surface area contributed by atoms with E-state index in [9.17, 15) is 0 Å². The summed E-state index contributed by atoms with van der Waals surface area (Å²) in [6.07, 6.45) is 1.29. The van der Waals surface area contributed by atoms with Crippen LogP contribution in [0, 0.1) is 11.3 Å². The van der Waals surface area contributed by atoms with Crippen LogP contribution in [-0.2, 0) is 0 Å². The second-order valence-corrected chi connectivity index (χ2v) is 2.04. The summed E-state index contributed by atoms with van der Waals surface area (Å²) in [5, 5.41) is 11.9. The molecule has 0 aliphatic carbocycles. The summed E-state index contributed by atoms with van der Waals surface area (Å²) in [4.78, 5) is 6.29. The Balaban J connectivity index is 3.22. The third kappa shape index (κ3) is 1.86. The average molecular weight is 175 g/mol. The zero-order valence-electron chi connectivity index (χ0n) is 6.80. The highest BCUT2D eigenvalue weighted by Gasteiger charge is 2.02. The molecule has 0 unspecified atom stereocenters. The molecule has 0 radical (unpaired) electrons. The number of azide groups is 1. The van der Waals surface area contributed by atoms with Gasteiger partial charge in [0.25, 0.3) is 0 Å². The fourth-order valence-corrected chi connectivity index (χ4v) is 0.780. The van der Waals surface area contributed by atoms with E-state index in [1.54, 1.807) is 0 Å². The van der Waals surface area contributed by atoms with Gasteiger partial charge in [-0.1, -0.05) is 0 Å². The number of ether oxygens (including phenoxy) is 1. The normalized spacial score (nSPS) is 8.31. The van der Waals surface area contributed by atoms with E-state index >= 15 is 0 Å². The molecule has 6 heteroatoms. The van der Waals surface area contributed by atoms with E-state index in [0.29, 0.717) is 11.3 Å². The highest BCUT2D eigenvalue weighted by molar-refractivity contribution is 5.47. The number of rotatable bonds is 2. The molecule has 0 aromatic carbocycles. The first kappa shape index (κ1) is 8.84. The zero-order valence-corrected chi connectivity index (χ0v) is 6.80. The molecule has 0 saturated heterocycles. The molecule has 0 spiro atoms. The molecule has 6 nitrogen and oxygen atoms in total. The lowest BCUT2D eigenvalue weighted by Gasteiger charge is -2.01. The van der Waals surface area contributed by atoms with Crippen LogP contribution in [0.4, 0.5) is 5.82 Å². The summed E-state index contributed by atoms with van der Waals surface area (Å²) < 4.78 is 4.88. The standard InChI is InChI=1S/C7H5N5O/c1-13-6-2-7(11-12-9)10-4-5(6)3-8/h2,4H,1H3. The van der Waals surface area contributed by atoms with Crippen LogP contribution in [0.25, 0.3) is 10.4 Å². The van der Waals surface area contributed by atoms with Gasteiger partial charge in [0, 0.05) is 17.2 Å². The fourth-order valence-electron chi connectivity index (χ4n) is 0.780. The van der Waals surface area contributed by atoms with Crippen LogP contribution < -0.4 is 4.74 Å². The third-order valence-corrected chi connectivity index (χ3v) is 1.34. The minimum Gasteiger partial charge on any atom is -0.495 e. The first-order chi connectivity index (χ1) is 6.31. The Morgan fingerprint density at radius 3 is 3.08 bits per heavy atom. The zero-order chi connectivity index (χ0) is 9.68. The van der Waals surface area contributed by atoms with Crippen molar-refractivity contribution in [2.24, 2.45) is 5.11 Å². The summed E-state index contributed by atoms with van der Waals surface area (Å²) in [5.41, 5.74) is 8.43. The number of nitriles is 1. The number of pyridine rings is 1. The van der Waals surface area contributed by atoms with Crippen molar-refractivity contribution in [2.75, 3.05) is 7.11 Å². The summed E-state index contributed by atoms with van der Waals surface area (Å²) in [5.74, 6) is 0.526. The maximum atomic E-state index is 8.60. The summed E-state index contributed by atoms with van der Waals surface area (Å²) >= 11 is 0. The van der Waals surface area contributed by atoms with E-state index in [-0.39, 0.29) is 5.82 Å². The quantitative estimate of drug-likeness (QED) is 0.390. The van der Waals surface area contributed by atoms with E-state index in [4.69, 9.17) is 15.5 Å². The van der Waals surface area contributed by atoms with E-state index in [1.165, 1.54) is 19.4 Å². The van der Waals surface area contributed by atoms with Crippen molar-refractivity contribution in [3.63, 3.8) is 0 Å². The Labute approximate surface area is 74.0 Å². The number of aromatic nitrogens is 1. The van der Waals surface area contributed by atoms with Crippen molar-refractivity contribution >= 4 is 5.82 Å². The second-order valence-electron chi connectivity index (χ2n) is 2.04. The molecule has 13 heavy (non-hydrogen) atoms. The van der Waals surface area contributed by atoms with Crippen LogP contribution in [-0.4, -0.2) is 12.1 Å². The topological polar surface area (TPSA) is 94.7 Å². The third-order valence-electron chi connectivity index (χ3n) is 1.34. The van der Waals surface area contributed by atoms with Crippen LogP contribution in [0.1, 0.15) is 5.56 Å². The molecule has 0 aliphatic heterocycles. The molecule has 0 amide bonds. The van der Waals surface area contributed by atoms with Crippen molar-refractivity contribution in [3.8, 4) is 11.8 Å². The lowest BCUT2D eigenvalue weighted by Crippen LogP contribution is -1.88. The fraction of sp³-hybridized carbons (Fsp3) is 0.143. The molecule has 0 aliphatic rings. The first-order valence-electron chi connectivity index (χ1n) is 3.31. The monoisotopic (exact) mass is 175 g/mol. The van der Waals surface area contributed by atoms with Crippen LogP contribution in [0.2, 0.25) is 0 Å². The molecule has 0 bridgehead atoms. The Morgan fingerprint density at radius 2 is 2.54 bits per heavy atom. The van der Waals surface area contributed by atoms with Crippen LogP contribution in [0.15, 0.2) is 17.4 Å². The highest BCUT2D eigenvalue weighted by atomic mass is 16.5. The number of hydrogen-bond donors (Lipinski definition) is 0.